The van der Waals surface area contributed by atoms with E-state index in [1.165, 1.54) is 0 Å². The molecular formula is C19H28O5. The van der Waals surface area contributed by atoms with E-state index in [1.54, 1.807) is 13.8 Å². The van der Waals surface area contributed by atoms with Gasteiger partial charge in [0.15, 0.2) is 0 Å². The monoisotopic (exact) mass is 336 g/mol. The highest BCUT2D eigenvalue weighted by Gasteiger charge is 2.39. The van der Waals surface area contributed by atoms with Crippen LogP contribution in [0, 0.1) is 0 Å². The van der Waals surface area contributed by atoms with Crippen molar-refractivity contribution >= 4 is 5.97 Å². The predicted molar refractivity (Wildman–Crippen MR) is 90.5 cm³/mol. The number of ether oxygens (including phenoxy) is 4. The van der Waals surface area contributed by atoms with Gasteiger partial charge in [-0.05, 0) is 51.7 Å². The van der Waals surface area contributed by atoms with Crippen LogP contribution in [0.4, 0.5) is 0 Å². The van der Waals surface area contributed by atoms with Crippen molar-refractivity contribution in [1.82, 2.24) is 0 Å². The van der Waals surface area contributed by atoms with Crippen molar-refractivity contribution in [2.45, 2.75) is 78.0 Å². The molecule has 24 heavy (non-hydrogen) atoms. The molecule has 0 saturated carbocycles. The zero-order chi connectivity index (χ0) is 17.6. The maximum Gasteiger partial charge on any atom is 0.373 e. The topological polar surface area (TPSA) is 54.0 Å². The molecule has 0 saturated heterocycles. The van der Waals surface area contributed by atoms with E-state index in [2.05, 4.69) is 18.7 Å². The molecule has 5 nitrogen and oxygen atoms in total. The molecule has 0 heterocycles. The first-order valence-corrected chi connectivity index (χ1v) is 8.74. The lowest BCUT2D eigenvalue weighted by Crippen LogP contribution is -2.42. The third kappa shape index (κ3) is 5.13. The summed E-state index contributed by atoms with van der Waals surface area (Å²) in [6.07, 6.45) is 9.65. The fraction of sp³-hybridized carbons (Fsp3) is 0.632. The zero-order valence-electron chi connectivity index (χ0n) is 14.9. The Hall–Kier alpha value is -1.75. The van der Waals surface area contributed by atoms with Crippen molar-refractivity contribution in [1.29, 1.82) is 0 Å². The first-order valence-electron chi connectivity index (χ1n) is 8.74. The largest absolute Gasteiger partial charge is 0.435 e. The third-order valence-corrected chi connectivity index (χ3v) is 3.97. The Bertz CT molecular complexity index is 506. The van der Waals surface area contributed by atoms with Gasteiger partial charge < -0.3 is 14.2 Å². The van der Waals surface area contributed by atoms with Crippen LogP contribution in [-0.4, -0.2) is 18.2 Å². The summed E-state index contributed by atoms with van der Waals surface area (Å²) in [5.41, 5.74) is 0.325. The molecule has 0 aromatic rings. The van der Waals surface area contributed by atoms with Gasteiger partial charge >= 0.3 is 11.9 Å². The second kappa shape index (κ2) is 8.38. The van der Waals surface area contributed by atoms with E-state index in [0.717, 1.165) is 50.0 Å². The van der Waals surface area contributed by atoms with Crippen LogP contribution in [0.1, 0.15) is 65.7 Å². The lowest BCUT2D eigenvalue weighted by Gasteiger charge is -2.35. The molecule has 2 rings (SSSR count). The Balaban J connectivity index is 2.09. The minimum Gasteiger partial charge on any atom is -0.435 e. The number of esters is 1. The van der Waals surface area contributed by atoms with Gasteiger partial charge in [0.2, 0.25) is 6.29 Å². The van der Waals surface area contributed by atoms with Gasteiger partial charge in [0, 0.05) is 18.4 Å². The fourth-order valence-corrected chi connectivity index (χ4v) is 2.69. The van der Waals surface area contributed by atoms with Crippen LogP contribution in [0.3, 0.4) is 0 Å². The first kappa shape index (κ1) is 18.6. The quantitative estimate of drug-likeness (QED) is 0.347. The van der Waals surface area contributed by atoms with Crippen molar-refractivity contribution in [2.24, 2.45) is 0 Å². The molecule has 134 valence electrons. The van der Waals surface area contributed by atoms with Gasteiger partial charge in [-0.25, -0.2) is 4.79 Å². The van der Waals surface area contributed by atoms with Gasteiger partial charge in [0.25, 0.3) is 0 Å². The molecule has 0 aliphatic heterocycles. The first-order chi connectivity index (χ1) is 11.4. The normalized spacial score (nSPS) is 18.6. The molecule has 2 aliphatic carbocycles. The van der Waals surface area contributed by atoms with E-state index in [4.69, 9.17) is 18.9 Å². The Morgan fingerprint density at radius 3 is 2.12 bits per heavy atom. The number of hydrogen-bond donors (Lipinski definition) is 0. The molecule has 0 radical (unpaired) electrons. The maximum absolute atomic E-state index is 11.7. The van der Waals surface area contributed by atoms with Crippen molar-refractivity contribution in [3.8, 4) is 0 Å². The summed E-state index contributed by atoms with van der Waals surface area (Å²) < 4.78 is 23.3. The van der Waals surface area contributed by atoms with E-state index in [-0.39, 0.29) is 0 Å². The van der Waals surface area contributed by atoms with Crippen LogP contribution in [0.5, 0.6) is 0 Å². The molecule has 2 aliphatic rings. The summed E-state index contributed by atoms with van der Waals surface area (Å²) in [6.45, 7) is 8.76. The van der Waals surface area contributed by atoms with E-state index < -0.39 is 18.2 Å². The molecular weight excluding hydrogens is 308 g/mol. The van der Waals surface area contributed by atoms with Gasteiger partial charge in [-0.3, -0.25) is 4.74 Å². The van der Waals surface area contributed by atoms with Crippen LogP contribution in [-0.2, 0) is 23.7 Å². The van der Waals surface area contributed by atoms with E-state index in [9.17, 15) is 4.79 Å². The standard InChI is InChI=1S/C19H28O5/c1-5-19(23-16-10-6-7-11-16,24-17-12-8-9-13-17)22-15(4)21-18(20)14(2)3/h10,12,15H,2,5-9,11,13H2,1,3-4H3. The minimum absolute atomic E-state index is 0.325. The molecule has 0 aromatic carbocycles. The number of carbonyl (C=O) groups is 1. The van der Waals surface area contributed by atoms with Crippen LogP contribution in [0.15, 0.2) is 35.8 Å². The predicted octanol–water partition coefficient (Wildman–Crippen LogP) is 4.70. The van der Waals surface area contributed by atoms with E-state index >= 15 is 0 Å². The second-order valence-electron chi connectivity index (χ2n) is 6.24. The smallest absolute Gasteiger partial charge is 0.373 e. The number of allylic oxidation sites excluding steroid dienone is 4. The summed E-state index contributed by atoms with van der Waals surface area (Å²) in [6, 6.07) is 0. The van der Waals surface area contributed by atoms with Crippen molar-refractivity contribution in [3.05, 3.63) is 35.8 Å². The molecule has 0 spiro atoms. The van der Waals surface area contributed by atoms with Crippen LogP contribution < -0.4 is 0 Å². The van der Waals surface area contributed by atoms with Crippen molar-refractivity contribution in [3.63, 3.8) is 0 Å². The van der Waals surface area contributed by atoms with Crippen molar-refractivity contribution in [2.75, 3.05) is 0 Å². The summed E-state index contributed by atoms with van der Waals surface area (Å²) in [5.74, 6) is -0.0309. The van der Waals surface area contributed by atoms with Gasteiger partial charge in [0.05, 0.1) is 17.9 Å². The highest BCUT2D eigenvalue weighted by atomic mass is 16.9. The Morgan fingerprint density at radius 1 is 1.21 bits per heavy atom. The van der Waals surface area contributed by atoms with Gasteiger partial charge in [-0.1, -0.05) is 13.5 Å². The molecule has 5 heteroatoms. The zero-order valence-corrected chi connectivity index (χ0v) is 14.9. The fourth-order valence-electron chi connectivity index (χ4n) is 2.69. The molecule has 1 atom stereocenters. The molecule has 1 unspecified atom stereocenters. The number of rotatable bonds is 9. The molecule has 0 N–H and O–H groups in total. The van der Waals surface area contributed by atoms with E-state index in [1.807, 2.05) is 6.92 Å². The van der Waals surface area contributed by atoms with Gasteiger partial charge in [-0.15, -0.1) is 0 Å². The highest BCUT2D eigenvalue weighted by molar-refractivity contribution is 5.86. The summed E-state index contributed by atoms with van der Waals surface area (Å²) in [5, 5.41) is 0. The van der Waals surface area contributed by atoms with Crippen molar-refractivity contribution < 1.29 is 23.7 Å². The maximum atomic E-state index is 11.7. The summed E-state index contributed by atoms with van der Waals surface area (Å²) >= 11 is 0. The summed E-state index contributed by atoms with van der Waals surface area (Å²) in [7, 11) is 0. The number of carbonyl (C=O) groups excluding carboxylic acids is 1. The average molecular weight is 336 g/mol. The minimum atomic E-state index is -1.28. The summed E-state index contributed by atoms with van der Waals surface area (Å²) in [4.78, 5) is 11.7. The van der Waals surface area contributed by atoms with Gasteiger partial charge in [0.1, 0.15) is 0 Å². The van der Waals surface area contributed by atoms with E-state index in [0.29, 0.717) is 12.0 Å². The highest BCUT2D eigenvalue weighted by Crippen LogP contribution is 2.34. The Kier molecular flexibility index (Phi) is 6.49. The second-order valence-corrected chi connectivity index (χ2v) is 6.24. The molecule has 0 bridgehead atoms. The van der Waals surface area contributed by atoms with Gasteiger partial charge in [-0.2, -0.15) is 0 Å². The lowest BCUT2D eigenvalue weighted by atomic mass is 10.3. The SMILES string of the molecule is C=C(C)C(=O)OC(C)OC(CC)(OC1=CCCC1)OC1=CCCC1. The lowest BCUT2D eigenvalue weighted by molar-refractivity contribution is -0.390. The van der Waals surface area contributed by atoms with Crippen LogP contribution in [0.25, 0.3) is 0 Å². The third-order valence-electron chi connectivity index (χ3n) is 3.97. The van der Waals surface area contributed by atoms with Crippen LogP contribution in [0.2, 0.25) is 0 Å². The Labute approximate surface area is 144 Å². The Morgan fingerprint density at radius 2 is 1.75 bits per heavy atom. The molecule has 0 aromatic heterocycles. The van der Waals surface area contributed by atoms with Crippen LogP contribution >= 0.6 is 0 Å². The number of hydrogen-bond acceptors (Lipinski definition) is 5. The molecule has 0 amide bonds. The average Bonchev–Trinajstić information content (AvgIpc) is 3.20. The molecule has 0 fully saturated rings.